The first kappa shape index (κ1) is 14.3. The zero-order valence-electron chi connectivity index (χ0n) is 11.7. The van der Waals surface area contributed by atoms with Crippen LogP contribution in [0.4, 0.5) is 4.39 Å². The quantitative estimate of drug-likeness (QED) is 0.910. The van der Waals surface area contributed by atoms with Gasteiger partial charge in [-0.1, -0.05) is 12.5 Å². The third-order valence-corrected chi connectivity index (χ3v) is 3.96. The number of benzene rings is 1. The molecule has 2 N–H and O–H groups in total. The van der Waals surface area contributed by atoms with Crippen LogP contribution in [0.1, 0.15) is 31.7 Å². The van der Waals surface area contributed by atoms with Crippen LogP contribution in [-0.4, -0.2) is 30.6 Å². The van der Waals surface area contributed by atoms with E-state index in [1.807, 2.05) is 0 Å². The van der Waals surface area contributed by atoms with Gasteiger partial charge in [0.25, 0.3) is 0 Å². The summed E-state index contributed by atoms with van der Waals surface area (Å²) in [6, 6.07) is 5.28. The first-order valence-electron chi connectivity index (χ1n) is 6.98. The van der Waals surface area contributed by atoms with Crippen LogP contribution >= 0.6 is 0 Å². The van der Waals surface area contributed by atoms with Gasteiger partial charge < -0.3 is 10.5 Å². The number of likely N-dealkylation sites (tertiary alicyclic amines) is 1. The summed E-state index contributed by atoms with van der Waals surface area (Å²) < 4.78 is 19.6. The first-order valence-corrected chi connectivity index (χ1v) is 6.98. The number of ether oxygens (including phenoxy) is 1. The number of piperidine rings is 1. The van der Waals surface area contributed by atoms with E-state index in [0.717, 1.165) is 13.0 Å². The number of nitrogens with zero attached hydrogens (tertiary/aromatic N) is 1. The van der Waals surface area contributed by atoms with Gasteiger partial charge in [-0.05, 0) is 45.5 Å². The van der Waals surface area contributed by atoms with E-state index in [0.29, 0.717) is 17.4 Å². The molecule has 1 aliphatic heterocycles. The van der Waals surface area contributed by atoms with Crippen molar-refractivity contribution in [2.24, 2.45) is 5.73 Å². The normalized spacial score (nSPS) is 22.2. The van der Waals surface area contributed by atoms with Gasteiger partial charge in [0.2, 0.25) is 0 Å². The van der Waals surface area contributed by atoms with E-state index in [-0.39, 0.29) is 18.5 Å². The van der Waals surface area contributed by atoms with Crippen molar-refractivity contribution in [1.82, 2.24) is 4.90 Å². The Morgan fingerprint density at radius 2 is 2.26 bits per heavy atom. The Balaban J connectivity index is 2.10. The Hall–Kier alpha value is -1.13. The third kappa shape index (κ3) is 3.25. The second kappa shape index (κ2) is 6.35. The van der Waals surface area contributed by atoms with E-state index in [9.17, 15) is 4.39 Å². The molecular weight excluding hydrogens is 243 g/mol. The molecule has 2 unspecified atom stereocenters. The summed E-state index contributed by atoms with van der Waals surface area (Å²) in [6.45, 7) is 3.32. The van der Waals surface area contributed by atoms with Crippen LogP contribution in [0, 0.1) is 5.82 Å². The Bertz CT molecular complexity index is 425. The lowest BCUT2D eigenvalue weighted by Crippen LogP contribution is -2.45. The van der Waals surface area contributed by atoms with E-state index in [4.69, 9.17) is 10.5 Å². The summed E-state index contributed by atoms with van der Waals surface area (Å²) in [5.74, 6) is 0.290. The molecule has 1 saturated heterocycles. The van der Waals surface area contributed by atoms with Crippen molar-refractivity contribution < 1.29 is 9.13 Å². The van der Waals surface area contributed by atoms with E-state index in [1.54, 1.807) is 12.1 Å². The molecule has 0 spiro atoms. The average molecular weight is 266 g/mol. The van der Waals surface area contributed by atoms with Crippen molar-refractivity contribution >= 4 is 0 Å². The largest absolute Gasteiger partial charge is 0.489 e. The van der Waals surface area contributed by atoms with Crippen LogP contribution < -0.4 is 10.5 Å². The second-order valence-electron chi connectivity index (χ2n) is 5.29. The maximum absolute atomic E-state index is 13.6. The summed E-state index contributed by atoms with van der Waals surface area (Å²) in [6.07, 6.45) is 3.64. The maximum atomic E-state index is 13.6. The number of hydrogen-bond donors (Lipinski definition) is 1. The van der Waals surface area contributed by atoms with Crippen molar-refractivity contribution in [2.75, 3.05) is 13.6 Å². The van der Waals surface area contributed by atoms with Gasteiger partial charge in [-0.3, -0.25) is 4.90 Å². The van der Waals surface area contributed by atoms with E-state index < -0.39 is 0 Å². The molecule has 0 amide bonds. The monoisotopic (exact) mass is 266 g/mol. The van der Waals surface area contributed by atoms with E-state index >= 15 is 0 Å². The molecule has 2 atom stereocenters. The molecule has 4 heteroatoms. The van der Waals surface area contributed by atoms with Gasteiger partial charge in [0.05, 0.1) is 0 Å². The first-order chi connectivity index (χ1) is 9.13. The highest BCUT2D eigenvalue weighted by molar-refractivity contribution is 5.34. The molecule has 1 aromatic rings. The SMILES string of the molecule is CC(Oc1cccc(F)c1CN)C1CCCCN1C. The van der Waals surface area contributed by atoms with Gasteiger partial charge in [-0.2, -0.15) is 0 Å². The standard InChI is InChI=1S/C15H23FN2O/c1-11(14-7-3-4-9-18(14)2)19-15-8-5-6-13(16)12(15)10-17/h5-6,8,11,14H,3-4,7,9-10,17H2,1-2H3. The van der Waals surface area contributed by atoms with Crippen LogP contribution in [0.15, 0.2) is 18.2 Å². The van der Waals surface area contributed by atoms with Crippen molar-refractivity contribution in [2.45, 2.75) is 44.9 Å². The molecule has 3 nitrogen and oxygen atoms in total. The van der Waals surface area contributed by atoms with Crippen molar-refractivity contribution in [3.63, 3.8) is 0 Å². The molecule has 0 aromatic heterocycles. The van der Waals surface area contributed by atoms with Gasteiger partial charge in [0.1, 0.15) is 17.7 Å². The lowest BCUT2D eigenvalue weighted by molar-refractivity contribution is 0.0677. The zero-order valence-corrected chi connectivity index (χ0v) is 11.7. The molecule has 106 valence electrons. The topological polar surface area (TPSA) is 38.5 Å². The van der Waals surface area contributed by atoms with Crippen LogP contribution in [0.25, 0.3) is 0 Å². The Morgan fingerprint density at radius 3 is 2.95 bits per heavy atom. The molecule has 1 heterocycles. The van der Waals surface area contributed by atoms with Gasteiger partial charge in [-0.15, -0.1) is 0 Å². The molecule has 0 saturated carbocycles. The van der Waals surface area contributed by atoms with Gasteiger partial charge in [-0.25, -0.2) is 4.39 Å². The molecule has 19 heavy (non-hydrogen) atoms. The average Bonchev–Trinajstić information content (AvgIpc) is 2.39. The smallest absolute Gasteiger partial charge is 0.131 e. The molecule has 2 rings (SSSR count). The Labute approximate surface area is 114 Å². The molecule has 0 bridgehead atoms. The summed E-state index contributed by atoms with van der Waals surface area (Å²) in [7, 11) is 2.12. The minimum atomic E-state index is -0.288. The highest BCUT2D eigenvalue weighted by atomic mass is 19.1. The van der Waals surface area contributed by atoms with Crippen molar-refractivity contribution in [3.05, 3.63) is 29.6 Å². The second-order valence-corrected chi connectivity index (χ2v) is 5.29. The minimum absolute atomic E-state index is 0.0393. The summed E-state index contributed by atoms with van der Waals surface area (Å²) >= 11 is 0. The highest BCUT2D eigenvalue weighted by Crippen LogP contribution is 2.26. The van der Waals surface area contributed by atoms with Gasteiger partial charge in [0.15, 0.2) is 0 Å². The molecule has 1 aliphatic rings. The van der Waals surface area contributed by atoms with E-state index in [2.05, 4.69) is 18.9 Å². The molecule has 0 radical (unpaired) electrons. The third-order valence-electron chi connectivity index (χ3n) is 3.96. The molecule has 1 aromatic carbocycles. The van der Waals surface area contributed by atoms with Crippen LogP contribution in [0.3, 0.4) is 0 Å². The summed E-state index contributed by atoms with van der Waals surface area (Å²) in [4.78, 5) is 2.33. The van der Waals surface area contributed by atoms with Gasteiger partial charge in [0, 0.05) is 18.2 Å². The predicted molar refractivity (Wildman–Crippen MR) is 74.7 cm³/mol. The number of hydrogen-bond acceptors (Lipinski definition) is 3. The number of rotatable bonds is 4. The molecular formula is C15H23FN2O. The predicted octanol–water partition coefficient (Wildman–Crippen LogP) is 2.54. The van der Waals surface area contributed by atoms with Crippen LogP contribution in [-0.2, 0) is 6.54 Å². The lowest BCUT2D eigenvalue weighted by atomic mass is 9.99. The fraction of sp³-hybridized carbons (Fsp3) is 0.600. The summed E-state index contributed by atoms with van der Waals surface area (Å²) in [5, 5.41) is 0. The van der Waals surface area contributed by atoms with Crippen LogP contribution in [0.5, 0.6) is 5.75 Å². The molecule has 1 fully saturated rings. The van der Waals surface area contributed by atoms with Gasteiger partial charge >= 0.3 is 0 Å². The Morgan fingerprint density at radius 1 is 1.47 bits per heavy atom. The zero-order chi connectivity index (χ0) is 13.8. The van der Waals surface area contributed by atoms with Crippen LogP contribution in [0.2, 0.25) is 0 Å². The number of likely N-dealkylation sites (N-methyl/N-ethyl adjacent to an activating group) is 1. The minimum Gasteiger partial charge on any atom is -0.489 e. The lowest BCUT2D eigenvalue weighted by Gasteiger charge is -2.36. The Kier molecular flexibility index (Phi) is 4.77. The van der Waals surface area contributed by atoms with E-state index in [1.165, 1.54) is 18.9 Å². The summed E-state index contributed by atoms with van der Waals surface area (Å²) in [5.41, 5.74) is 6.07. The number of nitrogens with two attached hydrogens (primary N) is 1. The van der Waals surface area contributed by atoms with Crippen molar-refractivity contribution in [3.8, 4) is 5.75 Å². The fourth-order valence-corrected chi connectivity index (χ4v) is 2.82. The molecule has 0 aliphatic carbocycles. The number of halogens is 1. The van der Waals surface area contributed by atoms with Crippen molar-refractivity contribution in [1.29, 1.82) is 0 Å². The maximum Gasteiger partial charge on any atom is 0.131 e. The highest BCUT2D eigenvalue weighted by Gasteiger charge is 2.26. The fourth-order valence-electron chi connectivity index (χ4n) is 2.82.